The smallest absolute Gasteiger partial charge is 0.334 e. The topological polar surface area (TPSA) is 64.5 Å². The molecule has 0 aromatic carbocycles. The zero-order valence-corrected chi connectivity index (χ0v) is 12.3. The molecule has 0 spiro atoms. The van der Waals surface area contributed by atoms with E-state index in [2.05, 4.69) is 9.97 Å². The van der Waals surface area contributed by atoms with Gasteiger partial charge in [-0.1, -0.05) is 6.92 Å². The van der Waals surface area contributed by atoms with Crippen molar-refractivity contribution in [2.45, 2.75) is 52.2 Å². The summed E-state index contributed by atoms with van der Waals surface area (Å²) in [5.74, 6) is 0. The molecule has 5 nitrogen and oxygen atoms in total. The summed E-state index contributed by atoms with van der Waals surface area (Å²) in [7, 11) is 1.54. The van der Waals surface area contributed by atoms with E-state index >= 15 is 0 Å². The first kappa shape index (κ1) is 15.9. The van der Waals surface area contributed by atoms with Crippen LogP contribution in [0.5, 0.6) is 6.01 Å². The van der Waals surface area contributed by atoms with Crippen molar-refractivity contribution in [2.75, 3.05) is 6.61 Å². The molecule has 0 amide bonds. The summed E-state index contributed by atoms with van der Waals surface area (Å²) < 4.78 is 10.9. The fourth-order valence-corrected chi connectivity index (χ4v) is 1.01. The van der Waals surface area contributed by atoms with Crippen LogP contribution in [0.15, 0.2) is 12.4 Å². The van der Waals surface area contributed by atoms with E-state index in [9.17, 15) is 5.11 Å². The summed E-state index contributed by atoms with van der Waals surface area (Å²) in [5.41, 5.74) is -0.931. The van der Waals surface area contributed by atoms with Gasteiger partial charge in [-0.25, -0.2) is 9.97 Å². The Morgan fingerprint density at radius 3 is 2.26 bits per heavy atom. The number of aliphatic hydroxyl groups is 1. The van der Waals surface area contributed by atoms with Crippen molar-refractivity contribution < 1.29 is 14.5 Å². The van der Waals surface area contributed by atoms with Gasteiger partial charge in [-0.3, -0.25) is 0 Å². The van der Waals surface area contributed by atoms with Crippen molar-refractivity contribution in [1.82, 2.24) is 9.97 Å². The van der Waals surface area contributed by atoms with Crippen LogP contribution >= 0.6 is 0 Å². The molecule has 1 aromatic rings. The normalized spacial score (nSPS) is 12.3. The van der Waals surface area contributed by atoms with Crippen LogP contribution in [0, 0.1) is 0 Å². The number of rotatable bonds is 7. The van der Waals surface area contributed by atoms with E-state index < -0.39 is 11.2 Å². The molecule has 0 bridgehead atoms. The molecule has 105 valence electrons. The van der Waals surface area contributed by atoms with Crippen molar-refractivity contribution in [3.05, 3.63) is 12.4 Å². The Bertz CT molecular complexity index is 388. The highest BCUT2D eigenvalue weighted by molar-refractivity contribution is 6.46. The second kappa shape index (κ2) is 6.35. The largest absolute Gasteiger partial charge is 0.463 e. The highest BCUT2D eigenvalue weighted by Crippen LogP contribution is 2.24. The van der Waals surface area contributed by atoms with Crippen LogP contribution in [0.4, 0.5) is 0 Å². The molecule has 0 saturated heterocycles. The summed E-state index contributed by atoms with van der Waals surface area (Å²) in [4.78, 5) is 8.14. The molecule has 1 radical (unpaired) electrons. The fraction of sp³-hybridized carbons (Fsp3) is 0.692. The molecule has 0 aliphatic carbocycles. The maximum Gasteiger partial charge on any atom is 0.334 e. The summed E-state index contributed by atoms with van der Waals surface area (Å²) in [5, 5.41) is 9.97. The van der Waals surface area contributed by atoms with Crippen LogP contribution in [0.2, 0.25) is 0 Å². The molecule has 1 heterocycles. The van der Waals surface area contributed by atoms with Crippen molar-refractivity contribution in [3.8, 4) is 6.01 Å². The van der Waals surface area contributed by atoms with Crippen molar-refractivity contribution in [1.29, 1.82) is 0 Å². The molecule has 1 aromatic heterocycles. The SMILES string of the molecule is CCCOc1ncc([B]OC(C)(C)C(C)(C)O)cn1. The molecule has 1 rings (SSSR count). The summed E-state index contributed by atoms with van der Waals surface area (Å²) >= 11 is 0. The molecular weight excluding hydrogens is 243 g/mol. The number of aromatic nitrogens is 2. The predicted molar refractivity (Wildman–Crippen MR) is 74.7 cm³/mol. The second-order valence-electron chi connectivity index (χ2n) is 5.45. The fourth-order valence-electron chi connectivity index (χ4n) is 1.01. The Labute approximate surface area is 115 Å². The molecule has 0 saturated carbocycles. The average Bonchev–Trinajstić information content (AvgIpc) is 2.34. The Morgan fingerprint density at radius 1 is 1.21 bits per heavy atom. The first-order chi connectivity index (χ1) is 8.76. The van der Waals surface area contributed by atoms with Gasteiger partial charge in [0, 0.05) is 12.4 Å². The Balaban J connectivity index is 2.55. The maximum absolute atomic E-state index is 9.97. The van der Waals surface area contributed by atoms with Crippen LogP contribution in [0.3, 0.4) is 0 Å². The van der Waals surface area contributed by atoms with E-state index in [0.717, 1.165) is 11.9 Å². The van der Waals surface area contributed by atoms with E-state index in [1.54, 1.807) is 33.7 Å². The molecule has 0 fully saturated rings. The summed E-state index contributed by atoms with van der Waals surface area (Å²) in [6.07, 6.45) is 4.16. The van der Waals surface area contributed by atoms with Gasteiger partial charge in [0.2, 0.25) is 0 Å². The van der Waals surface area contributed by atoms with Crippen LogP contribution in [0.1, 0.15) is 41.0 Å². The third-order valence-corrected chi connectivity index (χ3v) is 3.05. The number of nitrogens with zero attached hydrogens (tertiary/aromatic N) is 2. The molecule has 0 atom stereocenters. The second-order valence-corrected chi connectivity index (χ2v) is 5.45. The van der Waals surface area contributed by atoms with Crippen molar-refractivity contribution in [3.63, 3.8) is 0 Å². The quantitative estimate of drug-likeness (QED) is 0.747. The molecular formula is C13H22BN2O3. The van der Waals surface area contributed by atoms with Crippen LogP contribution in [-0.4, -0.2) is 40.4 Å². The van der Waals surface area contributed by atoms with E-state index in [1.165, 1.54) is 0 Å². The van der Waals surface area contributed by atoms with E-state index in [1.807, 2.05) is 20.8 Å². The van der Waals surface area contributed by atoms with Crippen LogP contribution in [-0.2, 0) is 4.65 Å². The van der Waals surface area contributed by atoms with Gasteiger partial charge in [-0.05, 0) is 39.6 Å². The lowest BCUT2D eigenvalue weighted by Crippen LogP contribution is -2.49. The number of hydrogen-bond acceptors (Lipinski definition) is 5. The molecule has 0 unspecified atom stereocenters. The minimum absolute atomic E-state index is 0.362. The minimum atomic E-state index is -0.950. The van der Waals surface area contributed by atoms with Crippen LogP contribution in [0.25, 0.3) is 0 Å². The van der Waals surface area contributed by atoms with Gasteiger partial charge in [0.15, 0.2) is 0 Å². The van der Waals surface area contributed by atoms with Gasteiger partial charge in [-0.15, -0.1) is 0 Å². The van der Waals surface area contributed by atoms with Gasteiger partial charge in [-0.2, -0.15) is 0 Å². The van der Waals surface area contributed by atoms with Crippen molar-refractivity contribution in [2.24, 2.45) is 0 Å². The predicted octanol–water partition coefficient (Wildman–Crippen LogP) is 1.08. The monoisotopic (exact) mass is 265 g/mol. The first-order valence-electron chi connectivity index (χ1n) is 6.44. The van der Waals surface area contributed by atoms with E-state index in [0.29, 0.717) is 12.6 Å². The molecule has 0 aliphatic rings. The minimum Gasteiger partial charge on any atom is -0.463 e. The zero-order chi connectivity index (χ0) is 14.5. The first-order valence-corrected chi connectivity index (χ1v) is 6.44. The average molecular weight is 265 g/mol. The highest BCUT2D eigenvalue weighted by atomic mass is 16.5. The molecule has 1 N–H and O–H groups in total. The third kappa shape index (κ3) is 4.80. The Hall–Kier alpha value is -1.14. The van der Waals surface area contributed by atoms with E-state index in [4.69, 9.17) is 9.39 Å². The maximum atomic E-state index is 9.97. The lowest BCUT2D eigenvalue weighted by molar-refractivity contribution is -0.0893. The Morgan fingerprint density at radius 2 is 1.79 bits per heavy atom. The van der Waals surface area contributed by atoms with Gasteiger partial charge < -0.3 is 14.5 Å². The van der Waals surface area contributed by atoms with E-state index in [-0.39, 0.29) is 0 Å². The van der Waals surface area contributed by atoms with Crippen molar-refractivity contribution >= 4 is 12.9 Å². The molecule has 19 heavy (non-hydrogen) atoms. The van der Waals surface area contributed by atoms with Gasteiger partial charge >= 0.3 is 13.5 Å². The Kier molecular flexibility index (Phi) is 5.32. The lowest BCUT2D eigenvalue weighted by Gasteiger charge is -2.37. The number of ether oxygens (including phenoxy) is 1. The number of hydrogen-bond donors (Lipinski definition) is 1. The standard InChI is InChI=1S/C13H22BN2O3/c1-6-7-18-11-15-8-10(9-16-11)14-19-13(4,5)12(2,3)17/h8-9,17H,6-7H2,1-5H3. The van der Waals surface area contributed by atoms with Gasteiger partial charge in [0.1, 0.15) is 0 Å². The lowest BCUT2D eigenvalue weighted by atomic mass is 9.84. The summed E-state index contributed by atoms with van der Waals surface area (Å²) in [6, 6.07) is 0.362. The van der Waals surface area contributed by atoms with Gasteiger partial charge in [0.05, 0.1) is 17.8 Å². The van der Waals surface area contributed by atoms with Crippen LogP contribution < -0.4 is 10.2 Å². The highest BCUT2D eigenvalue weighted by Gasteiger charge is 2.35. The molecule has 6 heteroatoms. The zero-order valence-electron chi connectivity index (χ0n) is 12.3. The molecule has 0 aliphatic heterocycles. The van der Waals surface area contributed by atoms with Gasteiger partial charge in [0.25, 0.3) is 0 Å². The summed E-state index contributed by atoms with van der Waals surface area (Å²) in [6.45, 7) is 9.68. The third-order valence-electron chi connectivity index (χ3n) is 3.05.